The highest BCUT2D eigenvalue weighted by Crippen LogP contribution is 2.27. The number of rotatable bonds is 7. The highest BCUT2D eigenvalue weighted by Gasteiger charge is 2.07. The van der Waals surface area contributed by atoms with E-state index in [0.717, 1.165) is 16.7 Å². The van der Waals surface area contributed by atoms with E-state index in [2.05, 4.69) is 15.3 Å². The van der Waals surface area contributed by atoms with E-state index >= 15 is 0 Å². The van der Waals surface area contributed by atoms with Crippen molar-refractivity contribution in [1.82, 2.24) is 10.3 Å². The number of aliphatic carboxylic acids is 1. The SMILES string of the molecule is N#CNC(N)=Nc1cccc(/C(=C\CCCC(=O)O)c2cccnc2)c1. The van der Waals surface area contributed by atoms with E-state index in [1.807, 2.05) is 36.4 Å². The van der Waals surface area contributed by atoms with E-state index in [-0.39, 0.29) is 12.4 Å². The number of aliphatic imine (C=N–C) groups is 1. The number of allylic oxidation sites excluding steroid dienone is 1. The van der Waals surface area contributed by atoms with Crippen molar-refractivity contribution in [2.24, 2.45) is 10.7 Å². The molecule has 1 heterocycles. The number of carbonyl (C=O) groups is 1. The van der Waals surface area contributed by atoms with Crippen LogP contribution in [0.25, 0.3) is 5.57 Å². The Bertz CT molecular complexity index is 854. The Hall–Kier alpha value is -3.66. The monoisotopic (exact) mass is 349 g/mol. The molecular weight excluding hydrogens is 330 g/mol. The number of hydrogen-bond donors (Lipinski definition) is 3. The Morgan fingerprint density at radius 2 is 2.15 bits per heavy atom. The minimum Gasteiger partial charge on any atom is -0.481 e. The summed E-state index contributed by atoms with van der Waals surface area (Å²) in [4.78, 5) is 19.0. The fraction of sp³-hybridized carbons (Fsp3) is 0.158. The number of carboxylic acids is 1. The van der Waals surface area contributed by atoms with Crippen LogP contribution in [0.3, 0.4) is 0 Å². The van der Waals surface area contributed by atoms with Gasteiger partial charge in [0, 0.05) is 24.4 Å². The van der Waals surface area contributed by atoms with Crippen LogP contribution in [-0.2, 0) is 4.79 Å². The van der Waals surface area contributed by atoms with Gasteiger partial charge in [-0.1, -0.05) is 24.3 Å². The number of hydrogen-bond acceptors (Lipinski definition) is 4. The molecule has 0 saturated carbocycles. The molecule has 0 fully saturated rings. The summed E-state index contributed by atoms with van der Waals surface area (Å²) < 4.78 is 0. The minimum absolute atomic E-state index is 0.0121. The summed E-state index contributed by atoms with van der Waals surface area (Å²) in [6.07, 6.45) is 8.47. The van der Waals surface area contributed by atoms with Crippen LogP contribution in [0.1, 0.15) is 30.4 Å². The second kappa shape index (κ2) is 9.59. The van der Waals surface area contributed by atoms with Crippen LogP contribution in [0, 0.1) is 11.5 Å². The lowest BCUT2D eigenvalue weighted by Gasteiger charge is -2.09. The average Bonchev–Trinajstić information content (AvgIpc) is 2.62. The molecule has 0 saturated heterocycles. The van der Waals surface area contributed by atoms with E-state index in [0.29, 0.717) is 18.5 Å². The highest BCUT2D eigenvalue weighted by molar-refractivity contribution is 5.84. The maximum Gasteiger partial charge on any atom is 0.303 e. The maximum atomic E-state index is 10.7. The van der Waals surface area contributed by atoms with Crippen LogP contribution < -0.4 is 11.1 Å². The van der Waals surface area contributed by atoms with Gasteiger partial charge in [-0.15, -0.1) is 0 Å². The number of unbranched alkanes of at least 4 members (excludes halogenated alkanes) is 1. The van der Waals surface area contributed by atoms with Crippen molar-refractivity contribution < 1.29 is 9.90 Å². The van der Waals surface area contributed by atoms with Gasteiger partial charge in [0.15, 0.2) is 6.19 Å². The van der Waals surface area contributed by atoms with Gasteiger partial charge in [-0.05, 0) is 42.2 Å². The number of guanidine groups is 1. The lowest BCUT2D eigenvalue weighted by molar-refractivity contribution is -0.137. The molecule has 7 heteroatoms. The average molecular weight is 349 g/mol. The summed E-state index contributed by atoms with van der Waals surface area (Å²) in [5.74, 6) is -0.795. The van der Waals surface area contributed by atoms with Crippen LogP contribution in [0.15, 0.2) is 59.9 Å². The lowest BCUT2D eigenvalue weighted by atomic mass is 9.97. The van der Waals surface area contributed by atoms with Crippen LogP contribution >= 0.6 is 0 Å². The van der Waals surface area contributed by atoms with Crippen molar-refractivity contribution in [2.45, 2.75) is 19.3 Å². The Balaban J connectivity index is 2.33. The smallest absolute Gasteiger partial charge is 0.303 e. The number of nitrogens with zero attached hydrogens (tertiary/aromatic N) is 3. The summed E-state index contributed by atoms with van der Waals surface area (Å²) >= 11 is 0. The van der Waals surface area contributed by atoms with Crippen LogP contribution in [-0.4, -0.2) is 22.0 Å². The molecule has 0 radical (unpaired) electrons. The van der Waals surface area contributed by atoms with Gasteiger partial charge in [0.2, 0.25) is 5.96 Å². The molecule has 0 aliphatic carbocycles. The predicted molar refractivity (Wildman–Crippen MR) is 99.3 cm³/mol. The summed E-state index contributed by atoms with van der Waals surface area (Å²) in [5.41, 5.74) is 8.98. The number of aromatic nitrogens is 1. The molecule has 0 aliphatic rings. The van der Waals surface area contributed by atoms with Crippen molar-refractivity contribution in [1.29, 1.82) is 5.26 Å². The van der Waals surface area contributed by atoms with Crippen molar-refractivity contribution in [3.05, 3.63) is 66.0 Å². The largest absolute Gasteiger partial charge is 0.481 e. The third kappa shape index (κ3) is 5.76. The Kier molecular flexibility index (Phi) is 6.89. The van der Waals surface area contributed by atoms with Gasteiger partial charge in [0.1, 0.15) is 0 Å². The second-order valence-corrected chi connectivity index (χ2v) is 5.43. The molecular formula is C19H19N5O2. The topological polar surface area (TPSA) is 124 Å². The van der Waals surface area contributed by atoms with Crippen LogP contribution in [0.2, 0.25) is 0 Å². The number of benzene rings is 1. The fourth-order valence-electron chi connectivity index (χ4n) is 2.39. The van der Waals surface area contributed by atoms with Crippen molar-refractivity contribution in [3.8, 4) is 6.19 Å². The fourth-order valence-corrected chi connectivity index (χ4v) is 2.39. The molecule has 132 valence electrons. The van der Waals surface area contributed by atoms with Gasteiger partial charge < -0.3 is 10.8 Å². The molecule has 0 unspecified atom stereocenters. The van der Waals surface area contributed by atoms with E-state index in [4.69, 9.17) is 16.1 Å². The van der Waals surface area contributed by atoms with Gasteiger partial charge in [0.25, 0.3) is 0 Å². The number of pyridine rings is 1. The number of carboxylic acid groups (broad SMARTS) is 1. The third-order valence-corrected chi connectivity index (χ3v) is 3.51. The second-order valence-electron chi connectivity index (χ2n) is 5.43. The highest BCUT2D eigenvalue weighted by atomic mass is 16.4. The van der Waals surface area contributed by atoms with Gasteiger partial charge in [-0.2, -0.15) is 5.26 Å². The number of nitriles is 1. The quantitative estimate of drug-likeness (QED) is 0.232. The standard InChI is InChI=1S/C19H19N5O2/c20-13-23-19(21)24-16-7-3-5-14(11-16)17(8-1-2-9-18(25)26)15-6-4-10-22-12-15/h3-8,10-12H,1-2,9H2,(H,25,26)(H3,21,23,24)/b17-8+. The Morgan fingerprint density at radius 1 is 1.35 bits per heavy atom. The number of nitrogens with two attached hydrogens (primary N) is 1. The Labute approximate surface area is 151 Å². The van der Waals surface area contributed by atoms with Crippen molar-refractivity contribution in [3.63, 3.8) is 0 Å². The lowest BCUT2D eigenvalue weighted by Crippen LogP contribution is -2.26. The first-order valence-corrected chi connectivity index (χ1v) is 8.02. The molecule has 0 atom stereocenters. The first-order chi connectivity index (χ1) is 12.6. The summed E-state index contributed by atoms with van der Waals surface area (Å²) in [6, 6.07) is 11.2. The summed E-state index contributed by atoms with van der Waals surface area (Å²) in [7, 11) is 0. The predicted octanol–water partition coefficient (Wildman–Crippen LogP) is 2.79. The van der Waals surface area contributed by atoms with E-state index in [1.54, 1.807) is 24.7 Å². The zero-order valence-electron chi connectivity index (χ0n) is 14.1. The normalized spacial score (nSPS) is 11.7. The molecule has 2 aromatic rings. The van der Waals surface area contributed by atoms with E-state index in [1.165, 1.54) is 0 Å². The molecule has 0 aliphatic heterocycles. The zero-order valence-corrected chi connectivity index (χ0v) is 14.1. The molecule has 4 N–H and O–H groups in total. The molecule has 0 spiro atoms. The summed E-state index contributed by atoms with van der Waals surface area (Å²) in [5, 5.41) is 19.7. The van der Waals surface area contributed by atoms with Gasteiger partial charge in [-0.3, -0.25) is 15.1 Å². The molecule has 26 heavy (non-hydrogen) atoms. The maximum absolute atomic E-state index is 10.7. The van der Waals surface area contributed by atoms with Crippen molar-refractivity contribution >= 4 is 23.2 Å². The van der Waals surface area contributed by atoms with Crippen molar-refractivity contribution in [2.75, 3.05) is 0 Å². The summed E-state index contributed by atoms with van der Waals surface area (Å²) in [6.45, 7) is 0. The zero-order chi connectivity index (χ0) is 18.8. The first kappa shape index (κ1) is 18.7. The van der Waals surface area contributed by atoms with Crippen LogP contribution in [0.5, 0.6) is 0 Å². The van der Waals surface area contributed by atoms with E-state index < -0.39 is 5.97 Å². The Morgan fingerprint density at radius 3 is 2.85 bits per heavy atom. The molecule has 2 rings (SSSR count). The molecule has 1 aromatic carbocycles. The van der Waals surface area contributed by atoms with E-state index in [9.17, 15) is 4.79 Å². The minimum atomic E-state index is -0.807. The molecule has 0 bridgehead atoms. The molecule has 1 aromatic heterocycles. The van der Waals surface area contributed by atoms with Gasteiger partial charge in [-0.25, -0.2) is 4.99 Å². The number of nitrogens with one attached hydrogen (secondary N) is 1. The van der Waals surface area contributed by atoms with Gasteiger partial charge in [0.05, 0.1) is 5.69 Å². The van der Waals surface area contributed by atoms with Crippen LogP contribution in [0.4, 0.5) is 5.69 Å². The first-order valence-electron chi connectivity index (χ1n) is 8.02. The third-order valence-electron chi connectivity index (χ3n) is 3.51. The molecule has 7 nitrogen and oxygen atoms in total. The van der Waals surface area contributed by atoms with Gasteiger partial charge >= 0.3 is 5.97 Å². The molecule has 0 amide bonds.